The van der Waals surface area contributed by atoms with Crippen molar-refractivity contribution in [3.63, 3.8) is 0 Å². The molecule has 0 spiro atoms. The summed E-state index contributed by atoms with van der Waals surface area (Å²) >= 11 is 0. The van der Waals surface area contributed by atoms with Crippen LogP contribution in [0.1, 0.15) is 95.9 Å². The van der Waals surface area contributed by atoms with Crippen LogP contribution in [-0.2, 0) is 18.9 Å². The van der Waals surface area contributed by atoms with Gasteiger partial charge in [0.25, 0.3) is 0 Å². The third-order valence-electron chi connectivity index (χ3n) is 14.2. The lowest BCUT2D eigenvalue weighted by Gasteiger charge is -2.22. The standard InChI is InChI=1S/4C18H17NO2/c4*20-19-16-12-7-13-21-18(16)17(14-8-3-1-4-9-14)15-10-5-2-6-11-15/h4*1-6,8-11,20H,7,12-13H2/b4*19-16+. The number of hydrogen-bond acceptors (Lipinski definition) is 12. The number of rotatable bonds is 8. The van der Waals surface area contributed by atoms with E-state index in [1.165, 1.54) is 0 Å². The third kappa shape index (κ3) is 15.2. The van der Waals surface area contributed by atoms with Gasteiger partial charge in [0, 0.05) is 22.3 Å². The highest BCUT2D eigenvalue weighted by atomic mass is 16.5. The molecule has 4 fully saturated rings. The number of benzene rings is 8. The van der Waals surface area contributed by atoms with Gasteiger partial charge in [-0.05, 0) is 95.9 Å². The predicted octanol–water partition coefficient (Wildman–Crippen LogP) is 16.3. The van der Waals surface area contributed by atoms with Crippen molar-refractivity contribution >= 4 is 45.1 Å². The highest BCUT2D eigenvalue weighted by Crippen LogP contribution is 2.35. The summed E-state index contributed by atoms with van der Waals surface area (Å²) < 4.78 is 23.4. The molecule has 0 amide bonds. The van der Waals surface area contributed by atoms with E-state index in [0.29, 0.717) is 72.3 Å². The van der Waals surface area contributed by atoms with Gasteiger partial charge in [-0.2, -0.15) is 0 Å². The quantitative estimate of drug-likeness (QED) is 0.0862. The number of oxime groups is 4. The van der Waals surface area contributed by atoms with E-state index in [2.05, 4.69) is 20.6 Å². The zero-order valence-corrected chi connectivity index (χ0v) is 46.8. The zero-order chi connectivity index (χ0) is 58.0. The second-order valence-corrected chi connectivity index (χ2v) is 19.7. The zero-order valence-electron chi connectivity index (χ0n) is 46.8. The molecule has 4 saturated heterocycles. The SMILES string of the molecule is O/N=C1\CCCOC1=C(c1ccccc1)c1ccccc1.O/N=C1\CCCOC1=C(c1ccccc1)c1ccccc1.O/N=C1\CCCOC1=C(c1ccccc1)c1ccccc1.O/N=C1\CCCOC1=C(c1ccccc1)c1ccccc1. The van der Waals surface area contributed by atoms with Crippen molar-refractivity contribution in [2.45, 2.75) is 51.4 Å². The van der Waals surface area contributed by atoms with Gasteiger partial charge in [0.1, 0.15) is 22.8 Å². The van der Waals surface area contributed by atoms with Crippen LogP contribution in [0.3, 0.4) is 0 Å². The van der Waals surface area contributed by atoms with Crippen molar-refractivity contribution in [2.24, 2.45) is 20.6 Å². The molecule has 424 valence electrons. The Balaban J connectivity index is 0.000000134. The van der Waals surface area contributed by atoms with Gasteiger partial charge in [0.05, 0.1) is 26.4 Å². The normalized spacial score (nSPS) is 16.6. The van der Waals surface area contributed by atoms with Crippen molar-refractivity contribution < 1.29 is 39.8 Å². The first-order valence-electron chi connectivity index (χ1n) is 28.4. The molecule has 0 bridgehead atoms. The van der Waals surface area contributed by atoms with Gasteiger partial charge in [-0.15, -0.1) is 0 Å². The van der Waals surface area contributed by atoms with E-state index >= 15 is 0 Å². The van der Waals surface area contributed by atoms with Crippen LogP contribution in [-0.4, -0.2) is 70.1 Å². The maximum absolute atomic E-state index is 9.28. The van der Waals surface area contributed by atoms with E-state index in [9.17, 15) is 20.8 Å². The van der Waals surface area contributed by atoms with Gasteiger partial charge in [-0.3, -0.25) is 0 Å². The molecular weight excluding hydrogens is 1050 g/mol. The van der Waals surface area contributed by atoms with E-state index in [-0.39, 0.29) is 0 Å². The van der Waals surface area contributed by atoms with Crippen LogP contribution in [0.15, 0.2) is 286 Å². The minimum atomic E-state index is 0.615. The van der Waals surface area contributed by atoms with Gasteiger partial charge < -0.3 is 39.8 Å². The molecule has 12 nitrogen and oxygen atoms in total. The fourth-order valence-corrected chi connectivity index (χ4v) is 10.2. The first kappa shape index (κ1) is 58.5. The second-order valence-electron chi connectivity index (χ2n) is 19.7. The Morgan fingerprint density at radius 1 is 0.226 bits per heavy atom. The first-order chi connectivity index (χ1) is 41.6. The molecule has 0 atom stereocenters. The molecule has 4 N–H and O–H groups in total. The molecule has 4 aliphatic heterocycles. The molecule has 0 aromatic heterocycles. The van der Waals surface area contributed by atoms with E-state index in [1.807, 2.05) is 243 Å². The molecule has 4 heterocycles. The van der Waals surface area contributed by atoms with Crippen LogP contribution in [0, 0.1) is 0 Å². The maximum atomic E-state index is 9.28. The van der Waals surface area contributed by atoms with Crippen LogP contribution >= 0.6 is 0 Å². The third-order valence-corrected chi connectivity index (χ3v) is 14.2. The lowest BCUT2D eigenvalue weighted by Crippen LogP contribution is -2.17. The Kier molecular flexibility index (Phi) is 21.7. The van der Waals surface area contributed by atoms with Crippen molar-refractivity contribution in [2.75, 3.05) is 26.4 Å². The molecule has 12 rings (SSSR count). The molecule has 4 aliphatic rings. The minimum absolute atomic E-state index is 0.615. The first-order valence-corrected chi connectivity index (χ1v) is 28.4. The van der Waals surface area contributed by atoms with Crippen molar-refractivity contribution in [3.8, 4) is 0 Å². The van der Waals surface area contributed by atoms with Gasteiger partial charge in [0.2, 0.25) is 0 Å². The summed E-state index contributed by atoms with van der Waals surface area (Å²) in [5.74, 6) is 2.73. The highest BCUT2D eigenvalue weighted by Gasteiger charge is 2.26. The summed E-state index contributed by atoms with van der Waals surface area (Å²) in [7, 11) is 0. The molecule has 0 aliphatic carbocycles. The average Bonchev–Trinajstić information content (AvgIpc) is 3.35. The molecule has 84 heavy (non-hydrogen) atoms. The summed E-state index contributed by atoms with van der Waals surface area (Å²) in [6, 6.07) is 80.5. The van der Waals surface area contributed by atoms with Crippen LogP contribution < -0.4 is 0 Å². The van der Waals surface area contributed by atoms with Gasteiger partial charge in [0.15, 0.2) is 23.0 Å². The summed E-state index contributed by atoms with van der Waals surface area (Å²) in [6.45, 7) is 2.60. The topological polar surface area (TPSA) is 167 Å². The second kappa shape index (κ2) is 31.1. The predicted molar refractivity (Wildman–Crippen MR) is 333 cm³/mol. The molecule has 0 radical (unpaired) electrons. The Morgan fingerprint density at radius 2 is 0.369 bits per heavy atom. The largest absolute Gasteiger partial charge is 0.491 e. The highest BCUT2D eigenvalue weighted by molar-refractivity contribution is 6.10. The fourth-order valence-electron chi connectivity index (χ4n) is 10.2. The van der Waals surface area contributed by atoms with Crippen LogP contribution in [0.25, 0.3) is 22.3 Å². The van der Waals surface area contributed by atoms with E-state index in [4.69, 9.17) is 18.9 Å². The molecule has 0 saturated carbocycles. The van der Waals surface area contributed by atoms with Gasteiger partial charge >= 0.3 is 0 Å². The Bertz CT molecular complexity index is 2960. The lowest BCUT2D eigenvalue weighted by atomic mass is 9.93. The Morgan fingerprint density at radius 3 is 0.500 bits per heavy atom. The Hall–Kier alpha value is -10.2. The summed E-state index contributed by atoms with van der Waals surface area (Å²) in [6.07, 6.45) is 6.42. The van der Waals surface area contributed by atoms with Crippen LogP contribution in [0.2, 0.25) is 0 Å². The molecule has 8 aromatic rings. The lowest BCUT2D eigenvalue weighted by molar-refractivity contribution is 0.209. The summed E-state index contributed by atoms with van der Waals surface area (Å²) in [5.41, 5.74) is 14.8. The average molecular weight is 1120 g/mol. The monoisotopic (exact) mass is 1120 g/mol. The number of hydrogen-bond donors (Lipinski definition) is 4. The van der Waals surface area contributed by atoms with Crippen molar-refractivity contribution in [3.05, 3.63) is 310 Å². The maximum Gasteiger partial charge on any atom is 0.152 e. The number of nitrogens with zero attached hydrogens (tertiary/aromatic N) is 4. The van der Waals surface area contributed by atoms with Gasteiger partial charge in [-0.1, -0.05) is 263 Å². The molecule has 0 unspecified atom stereocenters. The van der Waals surface area contributed by atoms with Crippen LogP contribution in [0.4, 0.5) is 0 Å². The van der Waals surface area contributed by atoms with Crippen molar-refractivity contribution in [1.29, 1.82) is 0 Å². The minimum Gasteiger partial charge on any atom is -0.491 e. The number of allylic oxidation sites excluding steroid dienone is 4. The summed E-state index contributed by atoms with van der Waals surface area (Å²) in [4.78, 5) is 0. The Labute approximate surface area is 491 Å². The van der Waals surface area contributed by atoms with Crippen LogP contribution in [0.5, 0.6) is 0 Å². The molecule has 12 heteroatoms. The molecule has 8 aromatic carbocycles. The van der Waals surface area contributed by atoms with Gasteiger partial charge in [-0.25, -0.2) is 0 Å². The summed E-state index contributed by atoms with van der Waals surface area (Å²) in [5, 5.41) is 50.9. The van der Waals surface area contributed by atoms with E-state index < -0.39 is 0 Å². The number of ether oxygens (including phenoxy) is 4. The fraction of sp³-hybridized carbons (Fsp3) is 0.167. The smallest absolute Gasteiger partial charge is 0.152 e. The van der Waals surface area contributed by atoms with E-state index in [0.717, 1.165) is 118 Å². The van der Waals surface area contributed by atoms with E-state index in [1.54, 1.807) is 0 Å². The van der Waals surface area contributed by atoms with Crippen molar-refractivity contribution in [1.82, 2.24) is 0 Å². The molecular formula is C72H68N4O8.